The lowest BCUT2D eigenvalue weighted by Crippen LogP contribution is -2.41. The predicted octanol–water partition coefficient (Wildman–Crippen LogP) is 6.64. The maximum atomic E-state index is 6.89. The highest BCUT2D eigenvalue weighted by Crippen LogP contribution is 2.48. The zero-order valence-electron chi connectivity index (χ0n) is 19.8. The van der Waals surface area contributed by atoms with E-state index in [4.69, 9.17) is 4.74 Å². The molecule has 1 aliphatic heterocycles. The van der Waals surface area contributed by atoms with Gasteiger partial charge in [0.25, 0.3) is 0 Å². The van der Waals surface area contributed by atoms with Gasteiger partial charge < -0.3 is 4.74 Å². The number of hydrogen-bond acceptors (Lipinski definition) is 1. The molecule has 0 N–H and O–H groups in total. The van der Waals surface area contributed by atoms with E-state index in [0.717, 1.165) is 17.9 Å². The number of rotatable bonds is 3. The molecular weight excluding hydrogens is 394 g/mol. The second kappa shape index (κ2) is 6.93. The van der Waals surface area contributed by atoms with E-state index < -0.39 is 8.07 Å². The topological polar surface area (TPSA) is 13.1 Å². The van der Waals surface area contributed by atoms with Gasteiger partial charge in [0.2, 0.25) is 5.69 Å². The van der Waals surface area contributed by atoms with E-state index in [9.17, 15) is 0 Å². The first-order valence-electron chi connectivity index (χ1n) is 11.4. The number of fused-ring (bicyclic) bond motifs is 3. The van der Waals surface area contributed by atoms with Gasteiger partial charge in [0.15, 0.2) is 6.20 Å². The molecule has 2 nitrogen and oxygen atoms in total. The zero-order chi connectivity index (χ0) is 22.1. The van der Waals surface area contributed by atoms with Crippen molar-refractivity contribution in [1.82, 2.24) is 0 Å². The highest BCUT2D eigenvalue weighted by Gasteiger charge is 2.36. The van der Waals surface area contributed by atoms with E-state index >= 15 is 0 Å². The summed E-state index contributed by atoms with van der Waals surface area (Å²) in [5, 5.41) is 6.65. The van der Waals surface area contributed by atoms with E-state index in [1.807, 2.05) is 0 Å². The van der Waals surface area contributed by atoms with Gasteiger partial charge in [-0.25, -0.2) is 4.57 Å². The van der Waals surface area contributed by atoms with Crippen molar-refractivity contribution in [3.8, 4) is 22.8 Å². The van der Waals surface area contributed by atoms with E-state index in [1.54, 1.807) is 0 Å². The molecule has 3 heteroatoms. The Kier molecular flexibility index (Phi) is 4.53. The summed E-state index contributed by atoms with van der Waals surface area (Å²) in [4.78, 5) is 0. The predicted molar refractivity (Wildman–Crippen MR) is 134 cm³/mol. The Balaban J connectivity index is 1.96. The second-order valence-electron chi connectivity index (χ2n) is 10.5. The molecule has 0 saturated carbocycles. The molecule has 158 valence electrons. The summed E-state index contributed by atoms with van der Waals surface area (Å²) < 4.78 is 9.18. The van der Waals surface area contributed by atoms with Crippen molar-refractivity contribution in [1.29, 1.82) is 0 Å². The lowest BCUT2D eigenvalue weighted by Gasteiger charge is -2.30. The highest BCUT2D eigenvalue weighted by molar-refractivity contribution is 6.91. The summed E-state index contributed by atoms with van der Waals surface area (Å²) in [6.07, 6.45) is 3.27. The average molecular weight is 427 g/mol. The molecule has 0 saturated heterocycles. The van der Waals surface area contributed by atoms with Crippen molar-refractivity contribution < 1.29 is 9.30 Å². The molecule has 0 radical (unpaired) electrons. The molecule has 5 rings (SSSR count). The third kappa shape index (κ3) is 3.09. The number of pyridine rings is 1. The number of hydrogen-bond donors (Lipinski definition) is 0. The van der Waals surface area contributed by atoms with Crippen molar-refractivity contribution in [3.63, 3.8) is 0 Å². The average Bonchev–Trinajstić information content (AvgIpc) is 2.68. The lowest BCUT2D eigenvalue weighted by atomic mass is 9.90. The van der Waals surface area contributed by atoms with Crippen LogP contribution in [0.1, 0.15) is 25.0 Å². The maximum absolute atomic E-state index is 6.89. The molecular formula is C28H32NOSi+. The first kappa shape index (κ1) is 20.3. The van der Waals surface area contributed by atoms with Crippen molar-refractivity contribution in [2.24, 2.45) is 13.0 Å². The Labute approximate surface area is 186 Å². The molecule has 1 aliphatic rings. The van der Waals surface area contributed by atoms with E-state index in [0.29, 0.717) is 5.92 Å². The zero-order valence-corrected chi connectivity index (χ0v) is 20.8. The molecule has 0 atom stereocenters. The molecule has 0 amide bonds. The third-order valence-electron chi connectivity index (χ3n) is 6.53. The molecule has 31 heavy (non-hydrogen) atoms. The van der Waals surface area contributed by atoms with Gasteiger partial charge in [0, 0.05) is 6.07 Å². The first-order chi connectivity index (χ1) is 14.7. The van der Waals surface area contributed by atoms with Gasteiger partial charge in [-0.05, 0) is 57.8 Å². The Bertz CT molecular complexity index is 1360. The van der Waals surface area contributed by atoms with Gasteiger partial charge in [-0.2, -0.15) is 0 Å². The summed E-state index contributed by atoms with van der Waals surface area (Å²) in [6.45, 7) is 14.1. The van der Waals surface area contributed by atoms with Crippen molar-refractivity contribution in [2.45, 2.75) is 46.8 Å². The fourth-order valence-electron chi connectivity index (χ4n) is 5.32. The summed E-state index contributed by atoms with van der Waals surface area (Å²) in [7, 11) is 0.469. The number of aryl methyl sites for hydroxylation is 2. The minimum atomic E-state index is -1.70. The van der Waals surface area contributed by atoms with Crippen LogP contribution in [-0.4, -0.2) is 8.07 Å². The first-order valence-corrected chi connectivity index (χ1v) is 14.9. The summed E-state index contributed by atoms with van der Waals surface area (Å²) in [5.41, 5.74) is 5.22. The molecule has 0 fully saturated rings. The monoisotopic (exact) mass is 426 g/mol. The summed E-state index contributed by atoms with van der Waals surface area (Å²) >= 11 is 0. The van der Waals surface area contributed by atoms with Crippen LogP contribution < -0.4 is 14.5 Å². The molecule has 0 bridgehead atoms. The van der Waals surface area contributed by atoms with Gasteiger partial charge in [-0.3, -0.25) is 0 Å². The summed E-state index contributed by atoms with van der Waals surface area (Å²) in [6, 6.07) is 15.7. The van der Waals surface area contributed by atoms with Crippen LogP contribution in [0, 0.1) is 12.8 Å². The van der Waals surface area contributed by atoms with E-state index in [2.05, 4.69) is 101 Å². The van der Waals surface area contributed by atoms with Crippen molar-refractivity contribution in [3.05, 3.63) is 59.8 Å². The normalized spacial score (nSPS) is 13.0. The number of nitrogens with zero attached hydrogens (tertiary/aromatic N) is 1. The van der Waals surface area contributed by atoms with Gasteiger partial charge >= 0.3 is 0 Å². The minimum Gasteiger partial charge on any atom is -0.456 e. The molecule has 4 aromatic rings. The second-order valence-corrected chi connectivity index (χ2v) is 15.5. The maximum Gasteiger partial charge on any atom is 0.228 e. The van der Waals surface area contributed by atoms with Crippen LogP contribution in [0.25, 0.3) is 32.8 Å². The number of benzene rings is 3. The van der Waals surface area contributed by atoms with Gasteiger partial charge in [-0.15, -0.1) is 0 Å². The number of ether oxygens (including phenoxy) is 1. The van der Waals surface area contributed by atoms with Crippen LogP contribution in [0.5, 0.6) is 11.5 Å². The Hall–Kier alpha value is -2.65. The Morgan fingerprint density at radius 1 is 1.00 bits per heavy atom. The molecule has 1 aromatic heterocycles. The highest BCUT2D eigenvalue weighted by atomic mass is 28.3. The van der Waals surface area contributed by atoms with Crippen molar-refractivity contribution in [2.75, 3.05) is 0 Å². The van der Waals surface area contributed by atoms with Crippen LogP contribution in [0.3, 0.4) is 0 Å². The van der Waals surface area contributed by atoms with Crippen LogP contribution in [-0.2, 0) is 13.5 Å². The minimum absolute atomic E-state index is 0.614. The fourth-order valence-corrected chi connectivity index (χ4v) is 7.20. The summed E-state index contributed by atoms with van der Waals surface area (Å²) in [5.74, 6) is 2.72. The molecule has 3 aromatic carbocycles. The van der Waals surface area contributed by atoms with Gasteiger partial charge in [0.1, 0.15) is 18.5 Å². The van der Waals surface area contributed by atoms with E-state index in [-0.39, 0.29) is 0 Å². The molecule has 0 unspecified atom stereocenters. The smallest absolute Gasteiger partial charge is 0.228 e. The number of aromatic nitrogens is 1. The fraction of sp³-hybridized carbons (Fsp3) is 0.321. The molecule has 0 spiro atoms. The van der Waals surface area contributed by atoms with Crippen molar-refractivity contribution >= 4 is 34.8 Å². The quantitative estimate of drug-likeness (QED) is 0.233. The molecule has 0 aliphatic carbocycles. The third-order valence-corrected chi connectivity index (χ3v) is 8.53. The Morgan fingerprint density at radius 2 is 1.71 bits per heavy atom. The Morgan fingerprint density at radius 3 is 2.39 bits per heavy atom. The lowest BCUT2D eigenvalue weighted by molar-refractivity contribution is -0.659. The van der Waals surface area contributed by atoms with Crippen LogP contribution in [0.15, 0.2) is 48.7 Å². The van der Waals surface area contributed by atoms with Crippen LogP contribution in [0.4, 0.5) is 0 Å². The largest absolute Gasteiger partial charge is 0.456 e. The van der Waals surface area contributed by atoms with Gasteiger partial charge in [0.05, 0.1) is 19.0 Å². The molecule has 2 heterocycles. The van der Waals surface area contributed by atoms with E-state index in [1.165, 1.54) is 49.1 Å². The van der Waals surface area contributed by atoms with Gasteiger partial charge in [-0.1, -0.05) is 63.8 Å². The SMILES string of the molecule is Cc1c2c(c([Si](C)(C)C)c3ccccc13)Oc1cc(CC(C)C)cc3cc[n+](C)c-2c13. The standard InChI is InChI=1S/C28H32NOSi/c1-17(2)14-19-15-20-12-13-29(4)26-24-18(3)21-10-8-9-11-22(21)28(31(5,6)7)27(24)30-23(16-19)25(20)26/h8-13,15-17H,14H2,1-7H3/q+1. The van der Waals surface area contributed by atoms with Crippen LogP contribution >= 0.6 is 0 Å². The van der Waals surface area contributed by atoms with Crippen LogP contribution in [0.2, 0.25) is 19.6 Å².